The van der Waals surface area contributed by atoms with Crippen molar-refractivity contribution in [1.29, 1.82) is 5.41 Å². The number of carbonyl (C=O) groups excluding carboxylic acids is 1. The van der Waals surface area contributed by atoms with Crippen LogP contribution in [-0.2, 0) is 6.54 Å². The van der Waals surface area contributed by atoms with E-state index in [0.717, 1.165) is 11.1 Å². The van der Waals surface area contributed by atoms with Gasteiger partial charge in [-0.3, -0.25) is 24.4 Å². The molecule has 0 aliphatic rings. The van der Waals surface area contributed by atoms with Gasteiger partial charge in [-0.2, -0.15) is 0 Å². The third kappa shape index (κ3) is 2.84. The van der Waals surface area contributed by atoms with Crippen molar-refractivity contribution in [2.24, 2.45) is 0 Å². The van der Waals surface area contributed by atoms with E-state index in [1.807, 2.05) is 19.1 Å². The first-order valence-electron chi connectivity index (χ1n) is 8.71. The highest BCUT2D eigenvalue weighted by Gasteiger charge is 2.17. The van der Waals surface area contributed by atoms with E-state index in [2.05, 4.69) is 15.3 Å². The molecule has 8 heteroatoms. The van der Waals surface area contributed by atoms with E-state index in [1.165, 1.54) is 17.5 Å². The molecule has 8 nitrogen and oxygen atoms in total. The molecule has 0 spiro atoms. The molecule has 0 atom stereocenters. The molecule has 0 aromatic carbocycles. The number of hydrogen-bond donors (Lipinski definition) is 2. The number of carbonyl (C=O) groups is 1. The lowest BCUT2D eigenvalue weighted by molar-refractivity contribution is 0.0960. The van der Waals surface area contributed by atoms with Crippen LogP contribution in [0.1, 0.15) is 21.5 Å². The first kappa shape index (κ1) is 17.6. The molecule has 0 unspecified atom stereocenters. The van der Waals surface area contributed by atoms with Crippen LogP contribution in [0.4, 0.5) is 0 Å². The van der Waals surface area contributed by atoms with E-state index in [9.17, 15) is 9.59 Å². The van der Waals surface area contributed by atoms with Crippen molar-refractivity contribution >= 4 is 22.6 Å². The van der Waals surface area contributed by atoms with E-state index in [4.69, 9.17) is 5.41 Å². The van der Waals surface area contributed by atoms with E-state index >= 15 is 0 Å². The van der Waals surface area contributed by atoms with Crippen LogP contribution >= 0.6 is 0 Å². The number of aromatic nitrogens is 4. The minimum atomic E-state index is -0.430. The fourth-order valence-electron chi connectivity index (χ4n) is 3.18. The Labute approximate surface area is 159 Å². The van der Waals surface area contributed by atoms with Gasteiger partial charge in [0, 0.05) is 25.6 Å². The summed E-state index contributed by atoms with van der Waals surface area (Å²) in [5.74, 6) is -0.430. The van der Waals surface area contributed by atoms with Crippen LogP contribution in [-0.4, -0.2) is 31.9 Å². The van der Waals surface area contributed by atoms with E-state index in [-0.39, 0.29) is 28.5 Å². The summed E-state index contributed by atoms with van der Waals surface area (Å²) in [6.07, 6.45) is 5.06. The van der Waals surface area contributed by atoms with Crippen LogP contribution in [0.25, 0.3) is 16.7 Å². The molecule has 0 fully saturated rings. The Kier molecular flexibility index (Phi) is 4.23. The Bertz CT molecular complexity index is 1340. The zero-order chi connectivity index (χ0) is 19.8. The van der Waals surface area contributed by atoms with Crippen LogP contribution < -0.4 is 16.4 Å². The number of rotatable bonds is 3. The van der Waals surface area contributed by atoms with Crippen molar-refractivity contribution in [1.82, 2.24) is 24.3 Å². The van der Waals surface area contributed by atoms with Gasteiger partial charge in [-0.1, -0.05) is 12.1 Å². The summed E-state index contributed by atoms with van der Waals surface area (Å²) in [5.41, 5.74) is 2.41. The minimum absolute atomic E-state index is 0.0148. The molecule has 4 rings (SSSR count). The largest absolute Gasteiger partial charge is 0.355 e. The van der Waals surface area contributed by atoms with Crippen LogP contribution in [0.5, 0.6) is 0 Å². The number of pyridine rings is 3. The van der Waals surface area contributed by atoms with Crippen molar-refractivity contribution in [2.45, 2.75) is 13.5 Å². The summed E-state index contributed by atoms with van der Waals surface area (Å²) in [6.45, 7) is 2.16. The molecule has 0 saturated carbocycles. The smallest absolute Gasteiger partial charge is 0.267 e. The molecule has 0 aliphatic carbocycles. The van der Waals surface area contributed by atoms with Gasteiger partial charge < -0.3 is 9.88 Å². The van der Waals surface area contributed by atoms with E-state index in [1.54, 1.807) is 35.3 Å². The number of nitrogens with one attached hydrogen (secondary N) is 2. The van der Waals surface area contributed by atoms with Crippen LogP contribution in [0, 0.1) is 12.3 Å². The number of amides is 1. The highest BCUT2D eigenvalue weighted by molar-refractivity contribution is 5.96. The number of nitrogens with zero attached hydrogens (tertiary/aromatic N) is 4. The lowest BCUT2D eigenvalue weighted by Gasteiger charge is -2.14. The molecule has 2 N–H and O–H groups in total. The third-order valence-electron chi connectivity index (χ3n) is 4.59. The highest BCUT2D eigenvalue weighted by atomic mass is 16.1. The minimum Gasteiger partial charge on any atom is -0.355 e. The van der Waals surface area contributed by atoms with Crippen molar-refractivity contribution in [3.8, 4) is 0 Å². The molecule has 4 heterocycles. The summed E-state index contributed by atoms with van der Waals surface area (Å²) in [6, 6.07) is 8.75. The van der Waals surface area contributed by atoms with Gasteiger partial charge in [0.05, 0.1) is 17.5 Å². The van der Waals surface area contributed by atoms with Gasteiger partial charge in [-0.15, -0.1) is 0 Å². The molecule has 0 radical (unpaired) electrons. The van der Waals surface area contributed by atoms with Gasteiger partial charge in [0.2, 0.25) is 0 Å². The van der Waals surface area contributed by atoms with Crippen LogP contribution in [0.3, 0.4) is 0 Å². The second-order valence-electron chi connectivity index (χ2n) is 6.52. The molecule has 0 aliphatic heterocycles. The number of aryl methyl sites for hydroxylation is 1. The van der Waals surface area contributed by atoms with Crippen molar-refractivity contribution in [3.63, 3.8) is 0 Å². The van der Waals surface area contributed by atoms with Crippen molar-refractivity contribution < 1.29 is 4.79 Å². The van der Waals surface area contributed by atoms with Gasteiger partial charge >= 0.3 is 0 Å². The topological polar surface area (TPSA) is 105 Å². The predicted molar refractivity (Wildman–Crippen MR) is 104 cm³/mol. The molecule has 1 amide bonds. The average molecular weight is 374 g/mol. The SMILES string of the molecule is CNC(=O)c1cc2c(=O)n3cc(C)ccc3nc2n(Cc2cccnc2)c1=N. The summed E-state index contributed by atoms with van der Waals surface area (Å²) in [7, 11) is 1.49. The van der Waals surface area contributed by atoms with Gasteiger partial charge in [-0.25, -0.2) is 4.98 Å². The molecule has 140 valence electrons. The zero-order valence-electron chi connectivity index (χ0n) is 15.4. The van der Waals surface area contributed by atoms with E-state index < -0.39 is 5.91 Å². The Morgan fingerprint density at radius 1 is 1.29 bits per heavy atom. The van der Waals surface area contributed by atoms with Gasteiger partial charge in [0.1, 0.15) is 16.8 Å². The average Bonchev–Trinajstić information content (AvgIpc) is 2.71. The molecule has 4 aromatic rings. The molecular weight excluding hydrogens is 356 g/mol. The summed E-state index contributed by atoms with van der Waals surface area (Å²) in [4.78, 5) is 34.2. The Morgan fingerprint density at radius 3 is 2.82 bits per heavy atom. The lowest BCUT2D eigenvalue weighted by atomic mass is 10.1. The summed E-state index contributed by atoms with van der Waals surface area (Å²) >= 11 is 0. The fourth-order valence-corrected chi connectivity index (χ4v) is 3.18. The maximum Gasteiger partial charge on any atom is 0.267 e. The second kappa shape index (κ2) is 6.73. The summed E-state index contributed by atoms with van der Waals surface area (Å²) < 4.78 is 3.03. The fraction of sp³-hybridized carbons (Fsp3) is 0.150. The molecular formula is C20H18N6O2. The molecule has 4 aromatic heterocycles. The lowest BCUT2D eigenvalue weighted by Crippen LogP contribution is -2.34. The first-order valence-corrected chi connectivity index (χ1v) is 8.71. The van der Waals surface area contributed by atoms with Gasteiger partial charge in [-0.05, 0) is 36.2 Å². The third-order valence-corrected chi connectivity index (χ3v) is 4.59. The number of fused-ring (bicyclic) bond motifs is 2. The predicted octanol–water partition coefficient (Wildman–Crippen LogP) is 1.24. The first-order chi connectivity index (χ1) is 13.5. The second-order valence-corrected chi connectivity index (χ2v) is 6.52. The van der Waals surface area contributed by atoms with Crippen molar-refractivity contribution in [2.75, 3.05) is 7.05 Å². The van der Waals surface area contributed by atoms with Crippen LogP contribution in [0.2, 0.25) is 0 Å². The van der Waals surface area contributed by atoms with E-state index in [0.29, 0.717) is 11.3 Å². The molecule has 0 saturated heterocycles. The Hall–Kier alpha value is -3.81. The molecule has 28 heavy (non-hydrogen) atoms. The highest BCUT2D eigenvalue weighted by Crippen LogP contribution is 2.12. The Balaban J connectivity index is 2.12. The standard InChI is InChI=1S/C20H18N6O2/c1-12-5-6-16-24-18-15(20(28)25(16)10-12)8-14(19(27)22-2)17(21)26(18)11-13-4-3-7-23-9-13/h3-10,21H,11H2,1-2H3,(H,22,27). The maximum atomic E-state index is 13.1. The van der Waals surface area contributed by atoms with Gasteiger partial charge in [0.25, 0.3) is 11.5 Å². The van der Waals surface area contributed by atoms with Crippen molar-refractivity contribution in [3.05, 3.63) is 81.5 Å². The van der Waals surface area contributed by atoms with Gasteiger partial charge in [0.15, 0.2) is 0 Å². The Morgan fingerprint density at radius 2 is 2.11 bits per heavy atom. The molecule has 0 bridgehead atoms. The normalized spacial score (nSPS) is 11.1. The van der Waals surface area contributed by atoms with Crippen LogP contribution in [0.15, 0.2) is 53.7 Å². The zero-order valence-corrected chi connectivity index (χ0v) is 15.4. The summed E-state index contributed by atoms with van der Waals surface area (Å²) in [5, 5.41) is 11.4. The number of hydrogen-bond acceptors (Lipinski definition) is 5. The monoisotopic (exact) mass is 374 g/mol. The quantitative estimate of drug-likeness (QED) is 0.526. The maximum absolute atomic E-state index is 13.1.